The van der Waals surface area contributed by atoms with Crippen molar-refractivity contribution in [1.29, 1.82) is 0 Å². The van der Waals surface area contributed by atoms with E-state index in [1.165, 1.54) is 0 Å². The molecule has 2 nitrogen and oxygen atoms in total. The minimum atomic E-state index is -2.74. The number of sulfone groups is 1. The first kappa shape index (κ1) is 8.75. The molecule has 1 atom stereocenters. The standard InChI is InChI=1S/C10H12O2S/c11-13(12)7-6-10(8-13)9-4-2-1-3-5-9/h1-5,10H,6-8H2/t10-/m0/s1. The molecule has 13 heavy (non-hydrogen) atoms. The van der Waals surface area contributed by atoms with Crippen molar-refractivity contribution in [3.05, 3.63) is 35.9 Å². The van der Waals surface area contributed by atoms with Gasteiger partial charge >= 0.3 is 0 Å². The smallest absolute Gasteiger partial charge is 0.150 e. The number of rotatable bonds is 1. The molecule has 1 saturated heterocycles. The van der Waals surface area contributed by atoms with Gasteiger partial charge in [0, 0.05) is 0 Å². The van der Waals surface area contributed by atoms with E-state index < -0.39 is 9.84 Å². The van der Waals surface area contributed by atoms with Gasteiger partial charge < -0.3 is 0 Å². The summed E-state index contributed by atoms with van der Waals surface area (Å²) < 4.78 is 22.4. The van der Waals surface area contributed by atoms with Crippen molar-refractivity contribution in [2.75, 3.05) is 11.5 Å². The first-order valence-corrected chi connectivity index (χ1v) is 6.25. The van der Waals surface area contributed by atoms with Gasteiger partial charge in [-0.3, -0.25) is 0 Å². The molecule has 1 aromatic carbocycles. The van der Waals surface area contributed by atoms with Crippen LogP contribution in [0.4, 0.5) is 0 Å². The summed E-state index contributed by atoms with van der Waals surface area (Å²) in [7, 11) is -2.74. The fourth-order valence-electron chi connectivity index (χ4n) is 1.78. The lowest BCUT2D eigenvalue weighted by Crippen LogP contribution is -2.03. The van der Waals surface area contributed by atoms with Crippen molar-refractivity contribution < 1.29 is 8.42 Å². The molecule has 0 aromatic heterocycles. The van der Waals surface area contributed by atoms with Crippen LogP contribution in [-0.4, -0.2) is 19.9 Å². The summed E-state index contributed by atoms with van der Waals surface area (Å²) in [4.78, 5) is 0. The topological polar surface area (TPSA) is 34.1 Å². The first-order valence-electron chi connectivity index (χ1n) is 4.43. The maximum absolute atomic E-state index is 11.2. The van der Waals surface area contributed by atoms with Crippen LogP contribution in [-0.2, 0) is 9.84 Å². The van der Waals surface area contributed by atoms with Crippen molar-refractivity contribution in [2.45, 2.75) is 12.3 Å². The van der Waals surface area contributed by atoms with Gasteiger partial charge in [-0.2, -0.15) is 0 Å². The highest BCUT2D eigenvalue weighted by Crippen LogP contribution is 2.28. The summed E-state index contributed by atoms with van der Waals surface area (Å²) in [5, 5.41) is 0. The molecule has 0 saturated carbocycles. The van der Waals surface area contributed by atoms with Gasteiger partial charge in [0.1, 0.15) is 0 Å². The highest BCUT2D eigenvalue weighted by atomic mass is 32.2. The van der Waals surface area contributed by atoms with E-state index in [0.29, 0.717) is 11.5 Å². The lowest BCUT2D eigenvalue weighted by Gasteiger charge is -2.06. The van der Waals surface area contributed by atoms with Gasteiger partial charge in [0.25, 0.3) is 0 Å². The molecule has 0 spiro atoms. The van der Waals surface area contributed by atoms with Gasteiger partial charge in [-0.25, -0.2) is 8.42 Å². The van der Waals surface area contributed by atoms with Gasteiger partial charge in [-0.15, -0.1) is 0 Å². The van der Waals surface area contributed by atoms with Crippen LogP contribution >= 0.6 is 0 Å². The van der Waals surface area contributed by atoms with Crippen LogP contribution in [0.5, 0.6) is 0 Å². The third kappa shape index (κ3) is 1.91. The van der Waals surface area contributed by atoms with Crippen LogP contribution in [0, 0.1) is 0 Å². The highest BCUT2D eigenvalue weighted by Gasteiger charge is 2.28. The van der Waals surface area contributed by atoms with Crippen LogP contribution in [0.2, 0.25) is 0 Å². The highest BCUT2D eigenvalue weighted by molar-refractivity contribution is 7.91. The Kier molecular flexibility index (Phi) is 2.12. The Hall–Kier alpha value is -0.830. The van der Waals surface area contributed by atoms with Gasteiger partial charge in [-0.1, -0.05) is 30.3 Å². The van der Waals surface area contributed by atoms with Crippen molar-refractivity contribution >= 4 is 9.84 Å². The number of hydrogen-bond donors (Lipinski definition) is 0. The molecular formula is C10H12O2S. The van der Waals surface area contributed by atoms with Crippen LogP contribution in [0.1, 0.15) is 17.9 Å². The summed E-state index contributed by atoms with van der Waals surface area (Å²) >= 11 is 0. The van der Waals surface area contributed by atoms with Crippen LogP contribution in [0.15, 0.2) is 30.3 Å². The maximum Gasteiger partial charge on any atom is 0.150 e. The lowest BCUT2D eigenvalue weighted by molar-refractivity contribution is 0.601. The largest absolute Gasteiger partial charge is 0.229 e. The summed E-state index contributed by atoms with van der Waals surface area (Å²) in [6.45, 7) is 0. The Morgan fingerprint density at radius 3 is 2.38 bits per heavy atom. The minimum absolute atomic E-state index is 0.228. The Morgan fingerprint density at radius 2 is 1.85 bits per heavy atom. The van der Waals surface area contributed by atoms with Crippen molar-refractivity contribution in [1.82, 2.24) is 0 Å². The molecule has 1 aliphatic rings. The quantitative estimate of drug-likeness (QED) is 0.683. The molecule has 1 heterocycles. The van der Waals surface area contributed by atoms with E-state index in [4.69, 9.17) is 0 Å². The van der Waals surface area contributed by atoms with Crippen LogP contribution in [0.3, 0.4) is 0 Å². The minimum Gasteiger partial charge on any atom is -0.229 e. The van der Waals surface area contributed by atoms with Crippen molar-refractivity contribution in [2.24, 2.45) is 0 Å². The van der Waals surface area contributed by atoms with Crippen LogP contribution in [0.25, 0.3) is 0 Å². The van der Waals surface area contributed by atoms with Gasteiger partial charge in [0.15, 0.2) is 9.84 Å². The molecule has 0 aliphatic carbocycles. The fraction of sp³-hybridized carbons (Fsp3) is 0.400. The average Bonchev–Trinajstić information content (AvgIpc) is 2.48. The van der Waals surface area contributed by atoms with Gasteiger partial charge in [-0.05, 0) is 17.9 Å². The van der Waals surface area contributed by atoms with E-state index in [-0.39, 0.29) is 5.92 Å². The van der Waals surface area contributed by atoms with E-state index >= 15 is 0 Å². The Bertz CT molecular complexity index is 381. The zero-order valence-electron chi connectivity index (χ0n) is 7.31. The monoisotopic (exact) mass is 196 g/mol. The Balaban J connectivity index is 2.22. The molecule has 0 bridgehead atoms. The molecule has 70 valence electrons. The summed E-state index contributed by atoms with van der Waals surface area (Å²) in [5.41, 5.74) is 1.16. The number of benzene rings is 1. The molecular weight excluding hydrogens is 184 g/mol. The molecule has 0 amide bonds. The SMILES string of the molecule is O=S1(=O)CC[C@H](c2ccccc2)C1. The van der Waals surface area contributed by atoms with E-state index in [1.54, 1.807) is 0 Å². The van der Waals surface area contributed by atoms with E-state index in [9.17, 15) is 8.42 Å². The van der Waals surface area contributed by atoms with Crippen molar-refractivity contribution in [3.63, 3.8) is 0 Å². The predicted octanol–water partition coefficient (Wildman–Crippen LogP) is 1.59. The first-order chi connectivity index (χ1) is 6.17. The predicted molar refractivity (Wildman–Crippen MR) is 52.5 cm³/mol. The lowest BCUT2D eigenvalue weighted by atomic mass is 9.99. The summed E-state index contributed by atoms with van der Waals surface area (Å²) in [5.74, 6) is 0.912. The van der Waals surface area contributed by atoms with Crippen LogP contribution < -0.4 is 0 Å². The number of hydrogen-bond acceptors (Lipinski definition) is 2. The van der Waals surface area contributed by atoms with Crippen molar-refractivity contribution in [3.8, 4) is 0 Å². The molecule has 1 aliphatic heterocycles. The van der Waals surface area contributed by atoms with Gasteiger partial charge in [0.05, 0.1) is 11.5 Å². The molecule has 1 fully saturated rings. The maximum atomic E-state index is 11.2. The summed E-state index contributed by atoms with van der Waals surface area (Å²) in [6.07, 6.45) is 0.784. The second-order valence-corrected chi connectivity index (χ2v) is 5.74. The zero-order valence-corrected chi connectivity index (χ0v) is 8.13. The molecule has 0 unspecified atom stereocenters. The Labute approximate surface area is 78.5 Å². The molecule has 3 heteroatoms. The second-order valence-electron chi connectivity index (χ2n) is 3.51. The van der Waals surface area contributed by atoms with E-state index in [1.807, 2.05) is 30.3 Å². The van der Waals surface area contributed by atoms with E-state index in [0.717, 1.165) is 12.0 Å². The molecule has 2 rings (SSSR count). The molecule has 0 radical (unpaired) electrons. The average molecular weight is 196 g/mol. The Morgan fingerprint density at radius 1 is 1.15 bits per heavy atom. The molecule has 0 N–H and O–H groups in total. The third-order valence-electron chi connectivity index (χ3n) is 2.50. The normalized spacial score (nSPS) is 26.0. The summed E-state index contributed by atoms with van der Waals surface area (Å²) in [6, 6.07) is 9.88. The van der Waals surface area contributed by atoms with E-state index in [2.05, 4.69) is 0 Å². The zero-order chi connectivity index (χ0) is 9.31. The second kappa shape index (κ2) is 3.14. The third-order valence-corrected chi connectivity index (χ3v) is 4.27. The fourth-order valence-corrected chi connectivity index (χ4v) is 3.57. The van der Waals surface area contributed by atoms with Gasteiger partial charge in [0.2, 0.25) is 0 Å². The molecule has 1 aromatic rings.